The molecule has 0 spiro atoms. The van der Waals surface area contributed by atoms with E-state index in [9.17, 15) is 8.42 Å². The van der Waals surface area contributed by atoms with E-state index in [1.807, 2.05) is 18.2 Å². The Hall–Kier alpha value is -2.05. The first kappa shape index (κ1) is 15.3. The highest BCUT2D eigenvalue weighted by molar-refractivity contribution is 7.90. The van der Waals surface area contributed by atoms with Crippen LogP contribution in [0.4, 0.5) is 11.4 Å². The molecule has 5 N–H and O–H groups in total. The minimum absolute atomic E-state index is 0.0609. The molecule has 0 saturated heterocycles. The molecule has 0 aromatic heterocycles. The molecule has 2 rings (SSSR count). The summed E-state index contributed by atoms with van der Waals surface area (Å²) in [6.07, 6.45) is 0. The van der Waals surface area contributed by atoms with Crippen LogP contribution >= 0.6 is 0 Å². The lowest BCUT2D eigenvalue weighted by molar-refractivity contribution is 0.595. The van der Waals surface area contributed by atoms with E-state index >= 15 is 0 Å². The van der Waals surface area contributed by atoms with Gasteiger partial charge in [-0.05, 0) is 23.8 Å². The average molecular weight is 305 g/mol. The van der Waals surface area contributed by atoms with Crippen LogP contribution < -0.4 is 16.8 Å². The lowest BCUT2D eigenvalue weighted by Crippen LogP contribution is -2.16. The van der Waals surface area contributed by atoms with Gasteiger partial charge in [0.2, 0.25) is 0 Å². The van der Waals surface area contributed by atoms with Gasteiger partial charge in [0, 0.05) is 18.8 Å². The van der Waals surface area contributed by atoms with Gasteiger partial charge in [-0.1, -0.05) is 30.3 Å². The molecule has 0 unspecified atom stereocenters. The highest BCUT2D eigenvalue weighted by Crippen LogP contribution is 2.27. The van der Waals surface area contributed by atoms with Gasteiger partial charge in [0.1, 0.15) is 0 Å². The number of hydrogen-bond acceptors (Lipinski definition) is 5. The first-order valence-corrected chi connectivity index (χ1v) is 8.28. The lowest BCUT2D eigenvalue weighted by atomic mass is 10.2. The first-order valence-electron chi connectivity index (χ1n) is 6.63. The lowest BCUT2D eigenvalue weighted by Gasteiger charge is -2.13. The molecule has 0 heterocycles. The molecule has 0 aliphatic rings. The van der Waals surface area contributed by atoms with Crippen LogP contribution in [0.1, 0.15) is 5.56 Å². The molecule has 0 bridgehead atoms. The van der Waals surface area contributed by atoms with Crippen LogP contribution in [0.2, 0.25) is 0 Å². The maximum absolute atomic E-state index is 12.6. The van der Waals surface area contributed by atoms with Crippen molar-refractivity contribution < 1.29 is 8.42 Å². The topological polar surface area (TPSA) is 98.2 Å². The van der Waals surface area contributed by atoms with Gasteiger partial charge in [-0.2, -0.15) is 0 Å². The van der Waals surface area contributed by atoms with Gasteiger partial charge in [0.05, 0.1) is 16.3 Å². The number of nitrogens with two attached hydrogens (primary N) is 2. The normalized spacial score (nSPS) is 11.3. The van der Waals surface area contributed by atoms with Crippen molar-refractivity contribution in [3.8, 4) is 0 Å². The molecule has 112 valence electrons. The number of sulfone groups is 1. The van der Waals surface area contributed by atoms with Crippen molar-refractivity contribution in [2.75, 3.05) is 24.1 Å². The van der Waals surface area contributed by atoms with Crippen LogP contribution in [0.3, 0.4) is 0 Å². The Balaban J connectivity index is 2.36. The van der Waals surface area contributed by atoms with Crippen molar-refractivity contribution in [2.45, 2.75) is 10.6 Å². The molecule has 2 aromatic carbocycles. The second-order valence-corrected chi connectivity index (χ2v) is 6.67. The number of rotatable bonds is 6. The molecule has 6 heteroatoms. The molecule has 0 aliphatic heterocycles. The standard InChI is InChI=1S/C15H19N3O2S/c16-8-9-18-14-7-6-13(17)10-15(14)21(19,20)11-12-4-2-1-3-5-12/h1-7,10,18H,8-9,11,16-17H2. The SMILES string of the molecule is NCCNc1ccc(N)cc1S(=O)(=O)Cc1ccccc1. The summed E-state index contributed by atoms with van der Waals surface area (Å²) in [6.45, 7) is 0.917. The Morgan fingerprint density at radius 1 is 1.05 bits per heavy atom. The molecule has 5 nitrogen and oxygen atoms in total. The third-order valence-electron chi connectivity index (χ3n) is 3.00. The molecule has 0 radical (unpaired) electrons. The predicted molar refractivity (Wildman–Crippen MR) is 85.7 cm³/mol. The predicted octanol–water partition coefficient (Wildman–Crippen LogP) is 1.61. The van der Waals surface area contributed by atoms with Crippen molar-refractivity contribution >= 4 is 21.2 Å². The summed E-state index contributed by atoms with van der Waals surface area (Å²) in [4.78, 5) is 0.208. The zero-order valence-electron chi connectivity index (χ0n) is 11.6. The van der Waals surface area contributed by atoms with E-state index in [1.54, 1.807) is 24.3 Å². The summed E-state index contributed by atoms with van der Waals surface area (Å²) in [5.41, 5.74) is 12.9. The molecule has 2 aromatic rings. The van der Waals surface area contributed by atoms with Crippen molar-refractivity contribution in [1.82, 2.24) is 0 Å². The second-order valence-electron chi connectivity index (χ2n) is 4.72. The Morgan fingerprint density at radius 2 is 1.76 bits per heavy atom. The molecule has 0 saturated carbocycles. The Morgan fingerprint density at radius 3 is 2.43 bits per heavy atom. The van der Waals surface area contributed by atoms with Gasteiger partial charge in [-0.15, -0.1) is 0 Å². The van der Waals surface area contributed by atoms with Crippen LogP contribution in [-0.2, 0) is 15.6 Å². The summed E-state index contributed by atoms with van der Waals surface area (Å²) >= 11 is 0. The minimum atomic E-state index is -3.48. The summed E-state index contributed by atoms with van der Waals surface area (Å²) in [5.74, 6) is -0.0609. The third kappa shape index (κ3) is 3.96. The number of benzene rings is 2. The maximum Gasteiger partial charge on any atom is 0.184 e. The quantitative estimate of drug-likeness (QED) is 0.704. The van der Waals surface area contributed by atoms with Gasteiger partial charge in [-0.3, -0.25) is 0 Å². The summed E-state index contributed by atoms with van der Waals surface area (Å²) < 4.78 is 25.2. The smallest absolute Gasteiger partial charge is 0.184 e. The maximum atomic E-state index is 12.6. The largest absolute Gasteiger partial charge is 0.399 e. The highest BCUT2D eigenvalue weighted by atomic mass is 32.2. The van der Waals surface area contributed by atoms with Crippen LogP contribution in [-0.4, -0.2) is 21.5 Å². The molecule has 0 aliphatic carbocycles. The van der Waals surface area contributed by atoms with Crippen LogP contribution in [0.15, 0.2) is 53.4 Å². The van der Waals surface area contributed by atoms with E-state index in [4.69, 9.17) is 11.5 Å². The summed E-state index contributed by atoms with van der Waals surface area (Å²) in [7, 11) is -3.48. The van der Waals surface area contributed by atoms with E-state index in [0.717, 1.165) is 5.56 Å². The minimum Gasteiger partial charge on any atom is -0.399 e. The van der Waals surface area contributed by atoms with Crippen LogP contribution in [0, 0.1) is 0 Å². The van der Waals surface area contributed by atoms with Gasteiger partial charge in [-0.25, -0.2) is 8.42 Å². The fraction of sp³-hybridized carbons (Fsp3) is 0.200. The van der Waals surface area contributed by atoms with Crippen molar-refractivity contribution in [3.05, 3.63) is 54.1 Å². The van der Waals surface area contributed by atoms with Gasteiger partial charge in [0.15, 0.2) is 9.84 Å². The van der Waals surface area contributed by atoms with E-state index in [1.165, 1.54) is 6.07 Å². The molecular formula is C15H19N3O2S. The molecule has 0 amide bonds. The highest BCUT2D eigenvalue weighted by Gasteiger charge is 2.19. The van der Waals surface area contributed by atoms with E-state index in [0.29, 0.717) is 24.5 Å². The number of anilines is 2. The van der Waals surface area contributed by atoms with Crippen molar-refractivity contribution in [1.29, 1.82) is 0 Å². The zero-order valence-corrected chi connectivity index (χ0v) is 12.4. The molecule has 21 heavy (non-hydrogen) atoms. The summed E-state index contributed by atoms with van der Waals surface area (Å²) in [5, 5.41) is 3.02. The van der Waals surface area contributed by atoms with E-state index in [2.05, 4.69) is 5.32 Å². The molecule has 0 fully saturated rings. The summed E-state index contributed by atoms with van der Waals surface area (Å²) in [6, 6.07) is 13.9. The van der Waals surface area contributed by atoms with Crippen molar-refractivity contribution in [3.63, 3.8) is 0 Å². The van der Waals surface area contributed by atoms with Crippen LogP contribution in [0.5, 0.6) is 0 Å². The monoisotopic (exact) mass is 305 g/mol. The van der Waals surface area contributed by atoms with Gasteiger partial charge in [0.25, 0.3) is 0 Å². The number of hydrogen-bond donors (Lipinski definition) is 3. The Kier molecular flexibility index (Phi) is 4.82. The average Bonchev–Trinajstić information content (AvgIpc) is 2.46. The van der Waals surface area contributed by atoms with E-state index < -0.39 is 9.84 Å². The van der Waals surface area contributed by atoms with Gasteiger partial charge >= 0.3 is 0 Å². The first-order chi connectivity index (χ1) is 10.0. The fourth-order valence-electron chi connectivity index (χ4n) is 2.02. The Bertz CT molecular complexity index is 700. The zero-order chi connectivity index (χ0) is 15.3. The molecule has 0 atom stereocenters. The second kappa shape index (κ2) is 6.60. The van der Waals surface area contributed by atoms with Gasteiger partial charge < -0.3 is 16.8 Å². The Labute approximate surface area is 124 Å². The number of nitrogen functional groups attached to an aromatic ring is 1. The van der Waals surface area contributed by atoms with E-state index in [-0.39, 0.29) is 10.6 Å². The fourth-order valence-corrected chi connectivity index (χ4v) is 3.60. The third-order valence-corrected chi connectivity index (χ3v) is 4.72. The van der Waals surface area contributed by atoms with Crippen LogP contribution in [0.25, 0.3) is 0 Å². The number of nitrogens with one attached hydrogen (secondary N) is 1. The molecular weight excluding hydrogens is 286 g/mol. The van der Waals surface area contributed by atoms with Crippen molar-refractivity contribution in [2.24, 2.45) is 5.73 Å².